The second-order valence-corrected chi connectivity index (χ2v) is 5.30. The van der Waals surface area contributed by atoms with Crippen molar-refractivity contribution in [3.05, 3.63) is 29.1 Å². The van der Waals surface area contributed by atoms with Crippen LogP contribution >= 0.6 is 11.3 Å². The SMILES string of the molecule is COc1cccc2c(C(C)(C)C(=O)O)csc12. The lowest BCUT2D eigenvalue weighted by Gasteiger charge is -2.18. The average molecular weight is 250 g/mol. The van der Waals surface area contributed by atoms with Gasteiger partial charge in [0.2, 0.25) is 0 Å². The molecule has 1 N–H and O–H groups in total. The molecule has 2 aromatic rings. The summed E-state index contributed by atoms with van der Waals surface area (Å²) in [7, 11) is 1.62. The lowest BCUT2D eigenvalue weighted by atomic mass is 9.84. The van der Waals surface area contributed by atoms with Gasteiger partial charge in [0, 0.05) is 5.39 Å². The number of hydrogen-bond donors (Lipinski definition) is 1. The number of thiophene rings is 1. The molecule has 0 amide bonds. The molecule has 0 fully saturated rings. The molecule has 0 spiro atoms. The average Bonchev–Trinajstić information content (AvgIpc) is 2.72. The monoisotopic (exact) mass is 250 g/mol. The van der Waals surface area contributed by atoms with E-state index >= 15 is 0 Å². The molecule has 0 aliphatic heterocycles. The van der Waals surface area contributed by atoms with E-state index in [9.17, 15) is 9.90 Å². The maximum atomic E-state index is 11.3. The van der Waals surface area contributed by atoms with E-state index in [1.807, 2.05) is 23.6 Å². The van der Waals surface area contributed by atoms with Gasteiger partial charge in [-0.3, -0.25) is 4.79 Å². The highest BCUT2D eigenvalue weighted by Crippen LogP contribution is 2.39. The molecule has 1 heterocycles. The van der Waals surface area contributed by atoms with Crippen LogP contribution in [0.25, 0.3) is 10.1 Å². The molecule has 0 aliphatic carbocycles. The summed E-state index contributed by atoms with van der Waals surface area (Å²) in [6.45, 7) is 3.44. The smallest absolute Gasteiger partial charge is 0.313 e. The van der Waals surface area contributed by atoms with Crippen molar-refractivity contribution in [2.75, 3.05) is 7.11 Å². The Morgan fingerprint density at radius 2 is 2.12 bits per heavy atom. The van der Waals surface area contributed by atoms with E-state index in [1.165, 1.54) is 11.3 Å². The second kappa shape index (κ2) is 4.04. The fourth-order valence-corrected chi connectivity index (χ4v) is 3.02. The molecule has 0 saturated carbocycles. The molecular weight excluding hydrogens is 236 g/mol. The number of ether oxygens (including phenoxy) is 1. The molecule has 0 atom stereocenters. The van der Waals surface area contributed by atoms with Crippen molar-refractivity contribution in [1.29, 1.82) is 0 Å². The Balaban J connectivity index is 2.69. The van der Waals surface area contributed by atoms with Crippen molar-refractivity contribution in [1.82, 2.24) is 0 Å². The van der Waals surface area contributed by atoms with Crippen LogP contribution in [0.2, 0.25) is 0 Å². The summed E-state index contributed by atoms with van der Waals surface area (Å²) in [4.78, 5) is 11.3. The number of rotatable bonds is 3. The van der Waals surface area contributed by atoms with E-state index in [0.29, 0.717) is 0 Å². The molecule has 1 aromatic carbocycles. The molecule has 4 heteroatoms. The molecule has 0 radical (unpaired) electrons. The van der Waals surface area contributed by atoms with Crippen molar-refractivity contribution >= 4 is 27.4 Å². The summed E-state index contributed by atoms with van der Waals surface area (Å²) in [5.41, 5.74) is -0.0474. The van der Waals surface area contributed by atoms with Gasteiger partial charge in [-0.05, 0) is 30.9 Å². The van der Waals surface area contributed by atoms with Crippen molar-refractivity contribution in [3.8, 4) is 5.75 Å². The first-order valence-corrected chi connectivity index (χ1v) is 6.14. The maximum Gasteiger partial charge on any atom is 0.313 e. The van der Waals surface area contributed by atoms with Crippen LogP contribution in [0.4, 0.5) is 0 Å². The number of hydrogen-bond acceptors (Lipinski definition) is 3. The van der Waals surface area contributed by atoms with Crippen molar-refractivity contribution < 1.29 is 14.6 Å². The Bertz CT molecular complexity index is 569. The van der Waals surface area contributed by atoms with Gasteiger partial charge in [0.1, 0.15) is 5.75 Å². The van der Waals surface area contributed by atoms with E-state index in [-0.39, 0.29) is 0 Å². The molecule has 17 heavy (non-hydrogen) atoms. The number of aliphatic carboxylic acids is 1. The summed E-state index contributed by atoms with van der Waals surface area (Å²) >= 11 is 1.52. The Morgan fingerprint density at radius 1 is 1.41 bits per heavy atom. The van der Waals surface area contributed by atoms with E-state index in [0.717, 1.165) is 21.4 Å². The van der Waals surface area contributed by atoms with Crippen LogP contribution in [0, 0.1) is 0 Å². The predicted octanol–water partition coefficient (Wildman–Crippen LogP) is 3.27. The van der Waals surface area contributed by atoms with Gasteiger partial charge >= 0.3 is 5.97 Å². The lowest BCUT2D eigenvalue weighted by Crippen LogP contribution is -2.28. The number of fused-ring (bicyclic) bond motifs is 1. The number of carboxylic acid groups (broad SMARTS) is 1. The van der Waals surface area contributed by atoms with Crippen molar-refractivity contribution in [2.24, 2.45) is 0 Å². The number of carbonyl (C=O) groups is 1. The van der Waals surface area contributed by atoms with E-state index < -0.39 is 11.4 Å². The van der Waals surface area contributed by atoms with Crippen LogP contribution in [-0.2, 0) is 10.2 Å². The molecule has 0 unspecified atom stereocenters. The minimum absolute atomic E-state index is 0.792. The summed E-state index contributed by atoms with van der Waals surface area (Å²) in [5.74, 6) is -0.0278. The quantitative estimate of drug-likeness (QED) is 0.909. The van der Waals surface area contributed by atoms with E-state index in [2.05, 4.69) is 0 Å². The van der Waals surface area contributed by atoms with Gasteiger partial charge in [-0.2, -0.15) is 0 Å². The third-order valence-electron chi connectivity index (χ3n) is 2.99. The normalized spacial score (nSPS) is 11.7. The van der Waals surface area contributed by atoms with Gasteiger partial charge in [0.05, 0.1) is 17.2 Å². The largest absolute Gasteiger partial charge is 0.495 e. The molecule has 3 nitrogen and oxygen atoms in total. The first-order chi connectivity index (χ1) is 7.98. The minimum Gasteiger partial charge on any atom is -0.495 e. The van der Waals surface area contributed by atoms with Crippen molar-refractivity contribution in [2.45, 2.75) is 19.3 Å². The van der Waals surface area contributed by atoms with Crippen molar-refractivity contribution in [3.63, 3.8) is 0 Å². The van der Waals surface area contributed by atoms with Gasteiger partial charge in [0.15, 0.2) is 0 Å². The van der Waals surface area contributed by atoms with Crippen LogP contribution in [-0.4, -0.2) is 18.2 Å². The minimum atomic E-state index is -0.884. The molecule has 90 valence electrons. The third kappa shape index (κ3) is 1.78. The van der Waals surface area contributed by atoms with Gasteiger partial charge in [-0.1, -0.05) is 12.1 Å². The Morgan fingerprint density at radius 3 is 2.71 bits per heavy atom. The zero-order chi connectivity index (χ0) is 12.6. The first-order valence-electron chi connectivity index (χ1n) is 5.26. The van der Waals surface area contributed by atoms with Gasteiger partial charge < -0.3 is 9.84 Å². The van der Waals surface area contributed by atoms with Crippen LogP contribution in [0.1, 0.15) is 19.4 Å². The third-order valence-corrected chi connectivity index (χ3v) is 4.00. The topological polar surface area (TPSA) is 46.5 Å². The highest BCUT2D eigenvalue weighted by molar-refractivity contribution is 7.17. The van der Waals surface area contributed by atoms with Crippen LogP contribution < -0.4 is 4.74 Å². The van der Waals surface area contributed by atoms with Gasteiger partial charge in [0.25, 0.3) is 0 Å². The molecule has 0 aliphatic rings. The lowest BCUT2D eigenvalue weighted by molar-refractivity contribution is -0.142. The molecule has 1 aromatic heterocycles. The van der Waals surface area contributed by atoms with E-state index in [4.69, 9.17) is 4.74 Å². The van der Waals surface area contributed by atoms with E-state index in [1.54, 1.807) is 21.0 Å². The maximum absolute atomic E-state index is 11.3. The summed E-state index contributed by atoms with van der Waals surface area (Å²) in [5, 5.41) is 12.1. The summed E-state index contributed by atoms with van der Waals surface area (Å²) < 4.78 is 6.28. The fourth-order valence-electron chi connectivity index (χ4n) is 1.79. The Kier molecular flexibility index (Phi) is 2.83. The standard InChI is InChI=1S/C13H14O3S/c1-13(2,12(14)15)9-7-17-11-8(9)5-4-6-10(11)16-3/h4-7H,1-3H3,(H,14,15). The first kappa shape index (κ1) is 11.9. The Labute approximate surface area is 104 Å². The number of carboxylic acids is 1. The zero-order valence-electron chi connectivity index (χ0n) is 9.98. The van der Waals surface area contributed by atoms with Gasteiger partial charge in [-0.25, -0.2) is 0 Å². The molecular formula is C13H14O3S. The summed E-state index contributed by atoms with van der Waals surface area (Å²) in [6, 6.07) is 5.71. The molecule has 2 rings (SSSR count). The number of methoxy groups -OCH3 is 1. The second-order valence-electron chi connectivity index (χ2n) is 4.42. The fraction of sp³-hybridized carbons (Fsp3) is 0.308. The molecule has 0 bridgehead atoms. The van der Waals surface area contributed by atoms with Crippen LogP contribution in [0.3, 0.4) is 0 Å². The summed E-state index contributed by atoms with van der Waals surface area (Å²) in [6.07, 6.45) is 0. The highest BCUT2D eigenvalue weighted by atomic mass is 32.1. The highest BCUT2D eigenvalue weighted by Gasteiger charge is 2.32. The zero-order valence-corrected chi connectivity index (χ0v) is 10.8. The Hall–Kier alpha value is -1.55. The molecule has 0 saturated heterocycles. The van der Waals surface area contributed by atoms with Gasteiger partial charge in [-0.15, -0.1) is 11.3 Å². The predicted molar refractivity (Wildman–Crippen MR) is 69.0 cm³/mol. The van der Waals surface area contributed by atoms with Crippen LogP contribution in [0.15, 0.2) is 23.6 Å². The number of benzene rings is 1. The van der Waals surface area contributed by atoms with Crippen LogP contribution in [0.5, 0.6) is 5.75 Å².